The third kappa shape index (κ3) is 8.23. The molecule has 32 heavy (non-hydrogen) atoms. The van der Waals surface area contributed by atoms with Gasteiger partial charge >= 0.3 is 6.61 Å². The predicted molar refractivity (Wildman–Crippen MR) is 114 cm³/mol. The van der Waals surface area contributed by atoms with Crippen LogP contribution in [0.25, 0.3) is 11.3 Å². The Morgan fingerprint density at radius 2 is 2.16 bits per heavy atom. The molecule has 1 aliphatic heterocycles. The molecule has 11 heteroatoms. The normalized spacial score (nSPS) is 15.5. The van der Waals surface area contributed by atoms with Gasteiger partial charge in [0.25, 0.3) is 6.47 Å². The van der Waals surface area contributed by atoms with Crippen molar-refractivity contribution in [3.63, 3.8) is 0 Å². The summed E-state index contributed by atoms with van der Waals surface area (Å²) in [6.45, 7) is 1.61. The van der Waals surface area contributed by atoms with Crippen molar-refractivity contribution in [2.24, 2.45) is 0 Å². The number of benzene rings is 1. The van der Waals surface area contributed by atoms with Crippen molar-refractivity contribution in [3.05, 3.63) is 29.8 Å². The first kappa shape index (κ1) is 25.2. The fraction of sp³-hybridized carbons (Fsp3) is 0.476. The number of rotatable bonds is 9. The standard InChI is InChI=1S/C17H20F2N4O2.C4H8O3/c1-10-7-15(21-11-3-2-6-20-9-11)22-23-16(10)13-5-4-12(8-14(13)24)25-17(18)19;5-2-1-3-7-4-6/h4-5,7-8,11,17,20,24H,2-3,6,9H2,1H3,(H,21,22);4-5H,1-3H2. The fourth-order valence-corrected chi connectivity index (χ4v) is 3.09. The molecule has 0 amide bonds. The third-order valence-electron chi connectivity index (χ3n) is 4.57. The van der Waals surface area contributed by atoms with E-state index in [1.54, 1.807) is 0 Å². The monoisotopic (exact) mass is 454 g/mol. The Hall–Kier alpha value is -3.05. The molecule has 176 valence electrons. The van der Waals surface area contributed by atoms with E-state index < -0.39 is 6.61 Å². The number of hydrogen-bond acceptors (Lipinski definition) is 9. The van der Waals surface area contributed by atoms with Crippen molar-refractivity contribution in [2.45, 2.75) is 38.8 Å². The van der Waals surface area contributed by atoms with Gasteiger partial charge in [0.2, 0.25) is 0 Å². The average Bonchev–Trinajstić information content (AvgIpc) is 2.76. The molecule has 2 aromatic rings. The van der Waals surface area contributed by atoms with Gasteiger partial charge < -0.3 is 30.3 Å². The molecule has 2 heterocycles. The Labute approximate surface area is 184 Å². The van der Waals surface area contributed by atoms with Crippen LogP contribution in [0.2, 0.25) is 0 Å². The minimum Gasteiger partial charge on any atom is -0.507 e. The number of aliphatic hydroxyl groups is 1. The number of carbonyl (C=O) groups is 1. The van der Waals surface area contributed by atoms with Gasteiger partial charge in [-0.3, -0.25) is 4.79 Å². The molecule has 1 aliphatic rings. The zero-order chi connectivity index (χ0) is 23.3. The molecule has 0 bridgehead atoms. The molecule has 0 spiro atoms. The van der Waals surface area contributed by atoms with Gasteiger partial charge in [-0.15, -0.1) is 10.2 Å². The van der Waals surface area contributed by atoms with Crippen LogP contribution in [0.4, 0.5) is 14.6 Å². The van der Waals surface area contributed by atoms with E-state index in [0.717, 1.165) is 37.6 Å². The van der Waals surface area contributed by atoms with Crippen molar-refractivity contribution in [2.75, 3.05) is 31.6 Å². The highest BCUT2D eigenvalue weighted by Gasteiger charge is 2.16. The Morgan fingerprint density at radius 3 is 2.75 bits per heavy atom. The van der Waals surface area contributed by atoms with Crippen LogP contribution in [0.15, 0.2) is 24.3 Å². The van der Waals surface area contributed by atoms with Crippen molar-refractivity contribution in [1.82, 2.24) is 15.5 Å². The van der Waals surface area contributed by atoms with E-state index >= 15 is 0 Å². The lowest BCUT2D eigenvalue weighted by Crippen LogP contribution is -2.38. The molecule has 1 aromatic heterocycles. The number of alkyl halides is 2. The molecule has 1 atom stereocenters. The molecule has 1 aromatic carbocycles. The number of phenols is 1. The van der Waals surface area contributed by atoms with Gasteiger partial charge in [0.1, 0.15) is 17.3 Å². The quantitative estimate of drug-likeness (QED) is 0.334. The zero-order valence-corrected chi connectivity index (χ0v) is 17.8. The van der Waals surface area contributed by atoms with E-state index in [4.69, 9.17) is 5.11 Å². The smallest absolute Gasteiger partial charge is 0.387 e. The molecule has 0 saturated carbocycles. The van der Waals surface area contributed by atoms with Gasteiger partial charge in [0, 0.05) is 37.2 Å². The second-order valence-electron chi connectivity index (χ2n) is 7.05. The maximum absolute atomic E-state index is 12.2. The maximum atomic E-state index is 12.2. The van der Waals surface area contributed by atoms with Crippen molar-refractivity contribution < 1.29 is 33.3 Å². The lowest BCUT2D eigenvalue weighted by atomic mass is 10.1. The van der Waals surface area contributed by atoms with Crippen molar-refractivity contribution in [3.8, 4) is 22.8 Å². The summed E-state index contributed by atoms with van der Waals surface area (Å²) in [5.74, 6) is 0.379. The number of aromatic hydroxyl groups is 1. The van der Waals surface area contributed by atoms with E-state index in [0.29, 0.717) is 42.6 Å². The van der Waals surface area contributed by atoms with Crippen LogP contribution in [-0.2, 0) is 9.53 Å². The molecule has 0 aliphatic carbocycles. The average molecular weight is 454 g/mol. The van der Waals surface area contributed by atoms with Gasteiger partial charge in [-0.25, -0.2) is 0 Å². The van der Waals surface area contributed by atoms with E-state index in [1.807, 2.05) is 13.0 Å². The number of ether oxygens (including phenoxy) is 2. The summed E-state index contributed by atoms with van der Waals surface area (Å²) in [4.78, 5) is 9.38. The number of hydrogen-bond donors (Lipinski definition) is 4. The Bertz CT molecular complexity index is 851. The first-order valence-electron chi connectivity index (χ1n) is 10.2. The lowest BCUT2D eigenvalue weighted by Gasteiger charge is -2.24. The van der Waals surface area contributed by atoms with Crippen LogP contribution in [0.5, 0.6) is 11.5 Å². The fourth-order valence-electron chi connectivity index (χ4n) is 3.09. The van der Waals surface area contributed by atoms with Gasteiger partial charge in [0.05, 0.1) is 12.3 Å². The van der Waals surface area contributed by atoms with E-state index in [9.17, 15) is 18.7 Å². The molecule has 0 radical (unpaired) electrons. The third-order valence-corrected chi connectivity index (χ3v) is 4.57. The van der Waals surface area contributed by atoms with Gasteiger partial charge in [-0.05, 0) is 50.1 Å². The minimum absolute atomic E-state index is 0.0772. The van der Waals surface area contributed by atoms with Crippen LogP contribution in [0.3, 0.4) is 0 Å². The Kier molecular flexibility index (Phi) is 10.5. The predicted octanol–water partition coefficient (Wildman–Crippen LogP) is 2.46. The number of aryl methyl sites for hydroxylation is 1. The summed E-state index contributed by atoms with van der Waals surface area (Å²) < 4.78 is 33.0. The largest absolute Gasteiger partial charge is 0.507 e. The molecule has 3 rings (SSSR count). The zero-order valence-electron chi connectivity index (χ0n) is 17.8. The number of halogens is 2. The first-order chi connectivity index (χ1) is 15.4. The molecular formula is C21H28F2N4O5. The van der Waals surface area contributed by atoms with E-state index in [1.165, 1.54) is 12.1 Å². The SMILES string of the molecule is Cc1cc(NC2CCCNC2)nnc1-c1ccc(OC(F)F)cc1O.O=COCCCO. The summed E-state index contributed by atoms with van der Waals surface area (Å²) in [7, 11) is 0. The minimum atomic E-state index is -2.94. The number of aliphatic hydroxyl groups excluding tert-OH is 1. The second kappa shape index (κ2) is 13.4. The van der Waals surface area contributed by atoms with E-state index in [2.05, 4.69) is 30.3 Å². The first-order valence-corrected chi connectivity index (χ1v) is 10.2. The van der Waals surface area contributed by atoms with Crippen LogP contribution in [-0.4, -0.2) is 65.8 Å². The van der Waals surface area contributed by atoms with Gasteiger partial charge in [-0.1, -0.05) is 0 Å². The van der Waals surface area contributed by atoms with Gasteiger partial charge in [-0.2, -0.15) is 8.78 Å². The second-order valence-corrected chi connectivity index (χ2v) is 7.05. The van der Waals surface area contributed by atoms with E-state index in [-0.39, 0.29) is 18.1 Å². The Balaban J connectivity index is 0.000000451. The number of carbonyl (C=O) groups excluding carboxylic acids is 1. The van der Waals surface area contributed by atoms with Crippen LogP contribution < -0.4 is 15.4 Å². The number of anilines is 1. The van der Waals surface area contributed by atoms with Crippen LogP contribution in [0.1, 0.15) is 24.8 Å². The molecular weight excluding hydrogens is 426 g/mol. The maximum Gasteiger partial charge on any atom is 0.387 e. The molecule has 1 fully saturated rings. The summed E-state index contributed by atoms with van der Waals surface area (Å²) in [6, 6.07) is 6.17. The van der Waals surface area contributed by atoms with Crippen molar-refractivity contribution >= 4 is 12.3 Å². The summed E-state index contributed by atoms with van der Waals surface area (Å²) in [5.41, 5.74) is 1.73. The highest BCUT2D eigenvalue weighted by Crippen LogP contribution is 2.33. The topological polar surface area (TPSA) is 126 Å². The molecule has 4 N–H and O–H groups in total. The van der Waals surface area contributed by atoms with Crippen molar-refractivity contribution in [1.29, 1.82) is 0 Å². The molecule has 1 unspecified atom stereocenters. The molecule has 9 nitrogen and oxygen atoms in total. The lowest BCUT2D eigenvalue weighted by molar-refractivity contribution is -0.128. The Morgan fingerprint density at radius 1 is 1.34 bits per heavy atom. The highest BCUT2D eigenvalue weighted by molar-refractivity contribution is 5.71. The molecule has 1 saturated heterocycles. The summed E-state index contributed by atoms with van der Waals surface area (Å²) in [5, 5.41) is 33.2. The summed E-state index contributed by atoms with van der Waals surface area (Å²) in [6.07, 6.45) is 2.71. The van der Waals surface area contributed by atoms with Gasteiger partial charge in [0.15, 0.2) is 0 Å². The number of nitrogens with one attached hydrogen (secondary N) is 2. The summed E-state index contributed by atoms with van der Waals surface area (Å²) >= 11 is 0. The van der Waals surface area contributed by atoms with Crippen LogP contribution >= 0.6 is 0 Å². The number of piperidine rings is 1. The highest BCUT2D eigenvalue weighted by atomic mass is 19.3. The number of nitrogens with zero attached hydrogens (tertiary/aromatic N) is 2. The van der Waals surface area contributed by atoms with Crippen LogP contribution in [0, 0.1) is 6.92 Å². The number of aromatic nitrogens is 2. The number of phenolic OH excluding ortho intramolecular Hbond substituents is 1.